The van der Waals surface area contributed by atoms with Gasteiger partial charge < -0.3 is 5.32 Å². The van der Waals surface area contributed by atoms with Crippen molar-refractivity contribution in [1.82, 2.24) is 5.32 Å². The molecule has 4 nitrogen and oxygen atoms in total. The molecule has 0 fully saturated rings. The van der Waals surface area contributed by atoms with Gasteiger partial charge in [-0.2, -0.15) is 4.21 Å². The predicted octanol–water partition coefficient (Wildman–Crippen LogP) is 0.527. The normalized spacial score (nSPS) is 15.8. The molecule has 0 spiro atoms. The van der Waals surface area contributed by atoms with E-state index in [-0.39, 0.29) is 6.61 Å². The Kier molecular flexibility index (Phi) is 6.87. The van der Waals surface area contributed by atoms with Crippen LogP contribution in [-0.2, 0) is 24.4 Å². The molecule has 0 aromatic heterocycles. The van der Waals surface area contributed by atoms with Crippen molar-refractivity contribution in [3.8, 4) is 0 Å². The zero-order valence-corrected chi connectivity index (χ0v) is 8.75. The average molecular weight is 213 g/mol. The zero-order valence-electron chi connectivity index (χ0n) is 7.12. The van der Waals surface area contributed by atoms with Crippen molar-refractivity contribution in [1.29, 1.82) is 0 Å². The summed E-state index contributed by atoms with van der Waals surface area (Å²) in [5.74, 6) is 0. The largest absolute Gasteiger partial charge is 0.320 e. The van der Waals surface area contributed by atoms with Crippen molar-refractivity contribution in [2.45, 2.75) is 19.3 Å². The van der Waals surface area contributed by atoms with Crippen molar-refractivity contribution >= 4 is 20.2 Å². The minimum absolute atomic E-state index is 0.266. The molecule has 0 radical (unpaired) electrons. The summed E-state index contributed by atoms with van der Waals surface area (Å²) in [4.78, 5) is 0. The minimum Gasteiger partial charge on any atom is -0.320 e. The molecular formula is C6H15NO3S2. The molecule has 0 aromatic rings. The standard InChI is InChI=1S/C6H15NO3S2/c1-7-5-3-2-4-6-10-12(8,9)11/h7H,2-6H2,1H3,(H,8,9,11). The van der Waals surface area contributed by atoms with Crippen LogP contribution in [0.2, 0.25) is 0 Å². The first-order valence-electron chi connectivity index (χ1n) is 3.82. The summed E-state index contributed by atoms with van der Waals surface area (Å²) in [5, 5.41) is 3.01. The Labute approximate surface area is 78.4 Å². The van der Waals surface area contributed by atoms with Crippen LogP contribution in [0.25, 0.3) is 0 Å². The first-order valence-corrected chi connectivity index (χ1v) is 6.19. The molecule has 12 heavy (non-hydrogen) atoms. The van der Waals surface area contributed by atoms with Crippen molar-refractivity contribution < 1.29 is 12.9 Å². The summed E-state index contributed by atoms with van der Waals surface area (Å²) in [5.41, 5.74) is 0. The third-order valence-corrected chi connectivity index (χ3v) is 2.06. The van der Waals surface area contributed by atoms with E-state index in [0.29, 0.717) is 0 Å². The topological polar surface area (TPSA) is 58.6 Å². The van der Waals surface area contributed by atoms with Crippen molar-refractivity contribution in [3.05, 3.63) is 0 Å². The van der Waals surface area contributed by atoms with Crippen LogP contribution < -0.4 is 5.32 Å². The first kappa shape index (κ1) is 12.2. The second-order valence-corrected chi connectivity index (χ2v) is 4.77. The molecule has 74 valence electrons. The Morgan fingerprint density at radius 1 is 1.50 bits per heavy atom. The Morgan fingerprint density at radius 2 is 2.17 bits per heavy atom. The molecule has 0 saturated carbocycles. The van der Waals surface area contributed by atoms with E-state index in [1.807, 2.05) is 7.05 Å². The highest BCUT2D eigenvalue weighted by molar-refractivity contribution is 8.27. The van der Waals surface area contributed by atoms with E-state index in [2.05, 4.69) is 20.7 Å². The molecular weight excluding hydrogens is 198 g/mol. The lowest BCUT2D eigenvalue weighted by Crippen LogP contribution is -2.08. The molecule has 0 bridgehead atoms. The van der Waals surface area contributed by atoms with Crippen molar-refractivity contribution in [2.75, 3.05) is 20.2 Å². The van der Waals surface area contributed by atoms with Crippen LogP contribution in [0.15, 0.2) is 0 Å². The van der Waals surface area contributed by atoms with Crippen LogP contribution in [0.1, 0.15) is 19.3 Å². The van der Waals surface area contributed by atoms with Gasteiger partial charge in [0.2, 0.25) is 0 Å². The lowest BCUT2D eigenvalue weighted by Gasteiger charge is -2.01. The Balaban J connectivity index is 3.12. The van der Waals surface area contributed by atoms with Gasteiger partial charge in [-0.25, -0.2) is 0 Å². The van der Waals surface area contributed by atoms with Gasteiger partial charge in [0, 0.05) is 11.2 Å². The summed E-state index contributed by atoms with van der Waals surface area (Å²) in [6.45, 7) is 1.23. The van der Waals surface area contributed by atoms with Gasteiger partial charge in [-0.1, -0.05) is 0 Å². The summed E-state index contributed by atoms with van der Waals surface area (Å²) in [7, 11) is -1.51. The van der Waals surface area contributed by atoms with Gasteiger partial charge in [-0.15, -0.1) is 0 Å². The van der Waals surface area contributed by atoms with Gasteiger partial charge >= 0.3 is 0 Å². The lowest BCUT2D eigenvalue weighted by atomic mass is 10.2. The molecule has 6 heteroatoms. The molecule has 1 atom stereocenters. The monoisotopic (exact) mass is 213 g/mol. The molecule has 0 aliphatic rings. The predicted molar refractivity (Wildman–Crippen MR) is 51.9 cm³/mol. The molecule has 0 saturated heterocycles. The quantitative estimate of drug-likeness (QED) is 0.604. The van der Waals surface area contributed by atoms with Gasteiger partial charge in [0.05, 0.1) is 6.61 Å². The Bertz CT molecular complexity index is 191. The Hall–Kier alpha value is 0.250. The lowest BCUT2D eigenvalue weighted by molar-refractivity contribution is 0.295. The third-order valence-electron chi connectivity index (χ3n) is 1.30. The number of nitrogens with one attached hydrogen (secondary N) is 1. The maximum absolute atomic E-state index is 10.4. The van der Waals surface area contributed by atoms with E-state index >= 15 is 0 Å². The van der Waals surface area contributed by atoms with E-state index in [9.17, 15) is 4.21 Å². The maximum Gasteiger partial charge on any atom is 0.266 e. The second kappa shape index (κ2) is 6.73. The number of hydrogen-bond donors (Lipinski definition) is 2. The van der Waals surface area contributed by atoms with Crippen molar-refractivity contribution in [2.24, 2.45) is 0 Å². The molecule has 0 aromatic carbocycles. The molecule has 0 aliphatic heterocycles. The Morgan fingerprint density at radius 3 is 2.67 bits per heavy atom. The van der Waals surface area contributed by atoms with E-state index in [0.717, 1.165) is 25.8 Å². The van der Waals surface area contributed by atoms with Crippen LogP contribution in [0.4, 0.5) is 0 Å². The molecule has 1 unspecified atom stereocenters. The van der Waals surface area contributed by atoms with Gasteiger partial charge in [0.15, 0.2) is 0 Å². The fourth-order valence-corrected chi connectivity index (χ4v) is 1.28. The summed E-state index contributed by atoms with van der Waals surface area (Å²) in [6.07, 6.45) is 2.80. The van der Waals surface area contributed by atoms with Gasteiger partial charge in [-0.05, 0) is 32.9 Å². The van der Waals surface area contributed by atoms with Crippen LogP contribution in [0.5, 0.6) is 0 Å². The summed E-state index contributed by atoms with van der Waals surface area (Å²) < 4.78 is 23.4. The van der Waals surface area contributed by atoms with Crippen LogP contribution in [0.3, 0.4) is 0 Å². The van der Waals surface area contributed by atoms with Crippen LogP contribution in [0, 0.1) is 0 Å². The SMILES string of the molecule is CNCCCCCOS(=O)(O)=S. The summed E-state index contributed by atoms with van der Waals surface area (Å²) in [6, 6.07) is 0. The number of hydrogen-bond acceptors (Lipinski definition) is 4. The highest BCUT2D eigenvalue weighted by Gasteiger charge is 1.97. The van der Waals surface area contributed by atoms with E-state index in [1.165, 1.54) is 0 Å². The second-order valence-electron chi connectivity index (χ2n) is 2.41. The van der Waals surface area contributed by atoms with Gasteiger partial charge in [0.1, 0.15) is 0 Å². The molecule has 0 amide bonds. The molecule has 0 heterocycles. The highest BCUT2D eigenvalue weighted by Crippen LogP contribution is 1.96. The molecule has 0 rings (SSSR count). The van der Waals surface area contributed by atoms with E-state index in [1.54, 1.807) is 0 Å². The fraction of sp³-hybridized carbons (Fsp3) is 1.00. The van der Waals surface area contributed by atoms with E-state index in [4.69, 9.17) is 4.55 Å². The smallest absolute Gasteiger partial charge is 0.266 e. The van der Waals surface area contributed by atoms with Gasteiger partial charge in [0.25, 0.3) is 9.05 Å². The average Bonchev–Trinajstić information content (AvgIpc) is 1.94. The minimum atomic E-state index is -3.40. The van der Waals surface area contributed by atoms with Crippen LogP contribution in [-0.4, -0.2) is 29.0 Å². The molecule has 0 aliphatic carbocycles. The number of unbranched alkanes of at least 4 members (excludes halogenated alkanes) is 2. The number of rotatable bonds is 7. The fourth-order valence-electron chi connectivity index (χ4n) is 0.745. The maximum atomic E-state index is 10.4. The van der Waals surface area contributed by atoms with Crippen LogP contribution >= 0.6 is 0 Å². The van der Waals surface area contributed by atoms with E-state index < -0.39 is 9.05 Å². The first-order chi connectivity index (χ1) is 5.56. The summed E-state index contributed by atoms with van der Waals surface area (Å²) >= 11 is 4.13. The zero-order chi connectivity index (χ0) is 9.45. The highest BCUT2D eigenvalue weighted by atomic mass is 32.9. The third kappa shape index (κ3) is 10.2. The molecule has 2 N–H and O–H groups in total. The van der Waals surface area contributed by atoms with Gasteiger partial charge in [-0.3, -0.25) is 8.74 Å². The van der Waals surface area contributed by atoms with Crippen molar-refractivity contribution in [3.63, 3.8) is 0 Å².